The molecule has 2 fully saturated rings. The van der Waals surface area contributed by atoms with E-state index in [0.717, 1.165) is 36.0 Å². The molecule has 2 bridgehead atoms. The molecule has 3 aliphatic heterocycles. The number of rotatable bonds is 5. The van der Waals surface area contributed by atoms with Crippen molar-refractivity contribution in [2.45, 2.75) is 57.2 Å². The summed E-state index contributed by atoms with van der Waals surface area (Å²) in [6.45, 7) is 2.62. The Balaban J connectivity index is 1.55. The van der Waals surface area contributed by atoms with Gasteiger partial charge in [-0.15, -0.1) is 0 Å². The van der Waals surface area contributed by atoms with Crippen LogP contribution in [0.5, 0.6) is 11.5 Å². The van der Waals surface area contributed by atoms with Crippen molar-refractivity contribution in [3.05, 3.63) is 58.7 Å². The second kappa shape index (κ2) is 8.78. The smallest absolute Gasteiger partial charge is 0.295 e. The monoisotopic (exact) mass is 462 g/mol. The number of carbonyl (C=O) groups is 3. The third-order valence-electron chi connectivity index (χ3n) is 7.57. The van der Waals surface area contributed by atoms with Gasteiger partial charge >= 0.3 is 0 Å². The maximum atomic E-state index is 13.6. The number of carbonyl (C=O) groups excluding carboxylic acids is 3. The maximum absolute atomic E-state index is 13.6. The van der Waals surface area contributed by atoms with Crippen molar-refractivity contribution in [1.82, 2.24) is 9.80 Å². The van der Waals surface area contributed by atoms with Gasteiger partial charge in [-0.05, 0) is 49.3 Å². The number of hydrogen-bond acceptors (Lipinski definition) is 5. The number of nitrogens with zero attached hydrogens (tertiary/aromatic N) is 2. The molecule has 2 amide bonds. The Bertz CT molecular complexity index is 1130. The number of piperazine rings is 1. The van der Waals surface area contributed by atoms with Crippen molar-refractivity contribution in [2.75, 3.05) is 20.8 Å². The molecule has 3 aliphatic rings. The number of fused-ring (bicyclic) bond motifs is 6. The van der Waals surface area contributed by atoms with Gasteiger partial charge in [0.15, 0.2) is 0 Å². The number of Topliss-reactive ketones (excluding diaryl/α,β-unsaturated/α-hetero) is 1. The van der Waals surface area contributed by atoms with E-state index in [1.54, 1.807) is 31.3 Å². The quantitative estimate of drug-likeness (QED) is 0.503. The third kappa shape index (κ3) is 3.45. The van der Waals surface area contributed by atoms with E-state index in [4.69, 9.17) is 9.47 Å². The second-order valence-corrected chi connectivity index (χ2v) is 9.23. The van der Waals surface area contributed by atoms with Gasteiger partial charge in [-0.3, -0.25) is 14.4 Å². The number of hydrogen-bond donors (Lipinski definition) is 0. The molecule has 7 nitrogen and oxygen atoms in total. The van der Waals surface area contributed by atoms with E-state index < -0.39 is 17.7 Å². The molecule has 0 N–H and O–H groups in total. The predicted molar refractivity (Wildman–Crippen MR) is 126 cm³/mol. The van der Waals surface area contributed by atoms with E-state index in [0.29, 0.717) is 36.4 Å². The third-order valence-corrected chi connectivity index (χ3v) is 7.57. The van der Waals surface area contributed by atoms with Crippen molar-refractivity contribution < 1.29 is 23.9 Å². The first-order valence-electron chi connectivity index (χ1n) is 12.0. The van der Waals surface area contributed by atoms with E-state index in [9.17, 15) is 14.4 Å². The van der Waals surface area contributed by atoms with Crippen LogP contribution in [0.15, 0.2) is 36.4 Å². The number of ether oxygens (including phenoxy) is 2. The number of aryl methyl sites for hydroxylation is 1. The highest BCUT2D eigenvalue weighted by Gasteiger charge is 2.54. The summed E-state index contributed by atoms with van der Waals surface area (Å²) in [7, 11) is 3.22. The van der Waals surface area contributed by atoms with Gasteiger partial charge in [0.1, 0.15) is 17.5 Å². The molecule has 0 aromatic heterocycles. The summed E-state index contributed by atoms with van der Waals surface area (Å²) in [5.41, 5.74) is 3.45. The molecule has 7 heteroatoms. The number of methoxy groups -OCH3 is 2. The van der Waals surface area contributed by atoms with Crippen LogP contribution in [-0.4, -0.2) is 60.2 Å². The molecule has 34 heavy (non-hydrogen) atoms. The molecule has 2 aromatic rings. The molecule has 1 unspecified atom stereocenters. The summed E-state index contributed by atoms with van der Waals surface area (Å²) >= 11 is 0. The van der Waals surface area contributed by atoms with E-state index >= 15 is 0 Å². The Morgan fingerprint density at radius 1 is 1.06 bits per heavy atom. The van der Waals surface area contributed by atoms with Crippen molar-refractivity contribution in [1.29, 1.82) is 0 Å². The van der Waals surface area contributed by atoms with Crippen molar-refractivity contribution >= 4 is 17.6 Å². The van der Waals surface area contributed by atoms with Crippen LogP contribution < -0.4 is 9.47 Å². The molecule has 0 aliphatic carbocycles. The van der Waals surface area contributed by atoms with Crippen LogP contribution in [0.25, 0.3) is 0 Å². The van der Waals surface area contributed by atoms with Crippen molar-refractivity contribution in [2.24, 2.45) is 0 Å². The normalized spacial score (nSPS) is 23.1. The lowest BCUT2D eigenvalue weighted by Crippen LogP contribution is -2.68. The van der Waals surface area contributed by atoms with Crippen molar-refractivity contribution in [3.8, 4) is 11.5 Å². The van der Waals surface area contributed by atoms with Crippen LogP contribution >= 0.6 is 0 Å². The van der Waals surface area contributed by atoms with Gasteiger partial charge < -0.3 is 19.3 Å². The topological polar surface area (TPSA) is 76.2 Å². The zero-order valence-electron chi connectivity index (χ0n) is 19.9. The first-order chi connectivity index (χ1) is 16.5. The minimum Gasteiger partial charge on any atom is -0.497 e. The largest absolute Gasteiger partial charge is 0.497 e. The zero-order chi connectivity index (χ0) is 24.0. The first-order valence-corrected chi connectivity index (χ1v) is 12.0. The fourth-order valence-corrected chi connectivity index (χ4v) is 5.87. The van der Waals surface area contributed by atoms with Gasteiger partial charge in [-0.2, -0.15) is 0 Å². The molecule has 0 spiro atoms. The molecule has 5 rings (SSSR count). The lowest BCUT2D eigenvalue weighted by atomic mass is 9.78. The Labute approximate surface area is 199 Å². The van der Waals surface area contributed by atoms with Gasteiger partial charge in [-0.25, -0.2) is 0 Å². The number of piperidine rings is 1. The Kier molecular flexibility index (Phi) is 5.80. The average molecular weight is 463 g/mol. The van der Waals surface area contributed by atoms with Crippen LogP contribution in [0, 0.1) is 0 Å². The van der Waals surface area contributed by atoms with Gasteiger partial charge in [0, 0.05) is 23.7 Å². The van der Waals surface area contributed by atoms with Crippen molar-refractivity contribution in [3.63, 3.8) is 0 Å². The molecule has 178 valence electrons. The van der Waals surface area contributed by atoms with E-state index in [1.807, 2.05) is 36.1 Å². The fraction of sp³-hybridized carbons (Fsp3) is 0.444. The number of ketones is 1. The zero-order valence-corrected chi connectivity index (χ0v) is 19.9. The van der Waals surface area contributed by atoms with Gasteiger partial charge in [0.2, 0.25) is 11.7 Å². The molecule has 0 saturated carbocycles. The summed E-state index contributed by atoms with van der Waals surface area (Å²) in [4.78, 5) is 43.9. The molecule has 3 atom stereocenters. The minimum absolute atomic E-state index is 0.0769. The van der Waals surface area contributed by atoms with Crippen LogP contribution in [0.3, 0.4) is 0 Å². The van der Waals surface area contributed by atoms with Crippen LogP contribution in [-0.2, 0) is 22.4 Å². The molecular formula is C27H30N2O5. The van der Waals surface area contributed by atoms with E-state index in [2.05, 4.69) is 0 Å². The molecule has 3 heterocycles. The second-order valence-electron chi connectivity index (χ2n) is 9.23. The minimum atomic E-state index is -0.591. The predicted octanol–water partition coefficient (Wildman–Crippen LogP) is 3.34. The average Bonchev–Trinajstić information content (AvgIpc) is 2.89. The summed E-state index contributed by atoms with van der Waals surface area (Å²) in [5.74, 6) is 0.123. The summed E-state index contributed by atoms with van der Waals surface area (Å²) in [6.07, 6.45) is 3.70. The standard InChI is InChI=1S/C27H30N2O5/c1-4-16-8-10-17(11-9-16)25(30)27(32)29-20-6-5-7-21(29)26(31)28-13-12-18-14-19(33-2)15-22(34-3)23(18)24(20)28/h8-11,14-15,20-21,24H,4-7,12-13H2,1-3H3/t20-,21+,24?/m1/s1. The van der Waals surface area contributed by atoms with Gasteiger partial charge in [-0.1, -0.05) is 31.2 Å². The number of benzene rings is 2. The van der Waals surface area contributed by atoms with E-state index in [-0.39, 0.29) is 18.0 Å². The van der Waals surface area contributed by atoms with E-state index in [1.165, 1.54) is 0 Å². The molecule has 2 aromatic carbocycles. The summed E-state index contributed by atoms with van der Waals surface area (Å²) in [5, 5.41) is 0. The van der Waals surface area contributed by atoms with Gasteiger partial charge in [0.25, 0.3) is 5.91 Å². The highest BCUT2D eigenvalue weighted by atomic mass is 16.5. The van der Waals surface area contributed by atoms with Crippen LogP contribution in [0.1, 0.15) is 59.3 Å². The summed E-state index contributed by atoms with van der Waals surface area (Å²) < 4.78 is 11.2. The molecule has 2 saturated heterocycles. The highest BCUT2D eigenvalue weighted by Crippen LogP contribution is 2.48. The SMILES string of the molecule is CCc1ccc(C(=O)C(=O)N2[C@@H]3CCC[C@H]2C(=O)N2CCc4cc(OC)cc(OC)c4C32)cc1. The lowest BCUT2D eigenvalue weighted by Gasteiger charge is -2.55. The lowest BCUT2D eigenvalue weighted by molar-refractivity contribution is -0.164. The number of amides is 2. The maximum Gasteiger partial charge on any atom is 0.295 e. The Morgan fingerprint density at radius 3 is 2.50 bits per heavy atom. The first kappa shape index (κ1) is 22.4. The van der Waals surface area contributed by atoms with Crippen LogP contribution in [0.2, 0.25) is 0 Å². The Morgan fingerprint density at radius 2 is 1.82 bits per heavy atom. The summed E-state index contributed by atoms with van der Waals surface area (Å²) in [6, 6.07) is 9.77. The fourth-order valence-electron chi connectivity index (χ4n) is 5.87. The van der Waals surface area contributed by atoms with Gasteiger partial charge in [0.05, 0.1) is 26.3 Å². The molecular weight excluding hydrogens is 432 g/mol. The van der Waals surface area contributed by atoms with Crippen LogP contribution in [0.4, 0.5) is 0 Å². The Hall–Kier alpha value is -3.35. The molecule has 0 radical (unpaired) electrons. The highest BCUT2D eigenvalue weighted by molar-refractivity contribution is 6.43.